The van der Waals surface area contributed by atoms with Gasteiger partial charge in [-0.25, -0.2) is 4.98 Å². The molecule has 0 N–H and O–H groups in total. The molecule has 0 atom stereocenters. The Balaban J connectivity index is 2.23. The first kappa shape index (κ1) is 10.8. The molecule has 2 aromatic carbocycles. The van der Waals surface area contributed by atoms with Crippen molar-refractivity contribution in [1.82, 2.24) is 9.55 Å². The topological polar surface area (TPSA) is 17.8 Å². The van der Waals surface area contributed by atoms with Crippen LogP contribution in [0.1, 0.15) is 0 Å². The van der Waals surface area contributed by atoms with E-state index < -0.39 is 0 Å². The molecule has 0 aliphatic heterocycles. The van der Waals surface area contributed by atoms with Crippen molar-refractivity contribution in [3.63, 3.8) is 0 Å². The second-order valence-corrected chi connectivity index (χ2v) is 5.08. The summed E-state index contributed by atoms with van der Waals surface area (Å²) in [4.78, 5) is 4.37. The molecule has 4 heteroatoms. The molecular formula is C13H8BrClN2. The fourth-order valence-corrected chi connectivity index (χ4v) is 2.26. The average molecular weight is 308 g/mol. The van der Waals surface area contributed by atoms with Crippen molar-refractivity contribution in [2.24, 2.45) is 0 Å². The first-order chi connectivity index (χ1) is 8.24. The Morgan fingerprint density at radius 3 is 2.59 bits per heavy atom. The molecule has 0 fully saturated rings. The summed E-state index contributed by atoms with van der Waals surface area (Å²) in [7, 11) is 0. The van der Waals surface area contributed by atoms with E-state index in [0.717, 1.165) is 26.2 Å². The van der Waals surface area contributed by atoms with Gasteiger partial charge in [-0.3, -0.25) is 4.57 Å². The Hall–Kier alpha value is -1.32. The molecule has 3 aromatic rings. The summed E-state index contributed by atoms with van der Waals surface area (Å²) >= 11 is 9.36. The fraction of sp³-hybridized carbons (Fsp3) is 0. The summed E-state index contributed by atoms with van der Waals surface area (Å²) in [6.07, 6.45) is 1.82. The quantitative estimate of drug-likeness (QED) is 0.650. The summed E-state index contributed by atoms with van der Waals surface area (Å²) in [5.74, 6) is 0. The monoisotopic (exact) mass is 306 g/mol. The molecule has 2 nitrogen and oxygen atoms in total. The molecule has 17 heavy (non-hydrogen) atoms. The first-order valence-corrected chi connectivity index (χ1v) is 6.30. The van der Waals surface area contributed by atoms with Crippen molar-refractivity contribution >= 4 is 38.6 Å². The van der Waals surface area contributed by atoms with Crippen molar-refractivity contribution in [2.75, 3.05) is 0 Å². The van der Waals surface area contributed by atoms with Gasteiger partial charge in [-0.05, 0) is 42.5 Å². The lowest BCUT2D eigenvalue weighted by molar-refractivity contribution is 1.09. The van der Waals surface area contributed by atoms with Crippen molar-refractivity contribution in [3.05, 3.63) is 58.3 Å². The summed E-state index contributed by atoms with van der Waals surface area (Å²) in [6, 6.07) is 13.7. The number of halogens is 2. The smallest absolute Gasteiger partial charge is 0.100 e. The lowest BCUT2D eigenvalue weighted by atomic mass is 10.3. The zero-order valence-electron chi connectivity index (χ0n) is 8.77. The minimum absolute atomic E-state index is 0.736. The molecule has 0 amide bonds. The second-order valence-electron chi connectivity index (χ2n) is 3.72. The van der Waals surface area contributed by atoms with Crippen molar-refractivity contribution in [2.45, 2.75) is 0 Å². The number of rotatable bonds is 1. The Bertz CT molecular complexity index is 673. The number of benzene rings is 2. The number of nitrogens with zero attached hydrogens (tertiary/aromatic N) is 2. The lowest BCUT2D eigenvalue weighted by Crippen LogP contribution is -1.90. The van der Waals surface area contributed by atoms with Crippen LogP contribution in [0.4, 0.5) is 0 Å². The van der Waals surface area contributed by atoms with Gasteiger partial charge in [-0.1, -0.05) is 27.5 Å². The Morgan fingerprint density at radius 2 is 1.82 bits per heavy atom. The highest BCUT2D eigenvalue weighted by molar-refractivity contribution is 9.10. The van der Waals surface area contributed by atoms with Gasteiger partial charge < -0.3 is 0 Å². The third-order valence-electron chi connectivity index (χ3n) is 2.61. The van der Waals surface area contributed by atoms with Gasteiger partial charge in [-0.15, -0.1) is 0 Å². The number of imidazole rings is 1. The maximum absolute atomic E-state index is 5.88. The van der Waals surface area contributed by atoms with Crippen molar-refractivity contribution in [3.8, 4) is 5.69 Å². The van der Waals surface area contributed by atoms with E-state index in [0.29, 0.717) is 0 Å². The number of hydrogen-bond acceptors (Lipinski definition) is 1. The van der Waals surface area contributed by atoms with Crippen LogP contribution in [0.15, 0.2) is 53.3 Å². The molecule has 0 bridgehead atoms. The average Bonchev–Trinajstić information content (AvgIpc) is 2.73. The van der Waals surface area contributed by atoms with E-state index in [1.807, 2.05) is 47.3 Å². The summed E-state index contributed by atoms with van der Waals surface area (Å²) in [5, 5.41) is 0.736. The standard InChI is InChI=1S/C13H8BrClN2/c14-9-1-6-12-13(7-9)17(8-16-12)11-4-2-10(15)3-5-11/h1-8H. The number of hydrogen-bond donors (Lipinski definition) is 0. The largest absolute Gasteiger partial charge is 0.299 e. The van der Waals surface area contributed by atoms with E-state index in [1.54, 1.807) is 0 Å². The van der Waals surface area contributed by atoms with E-state index in [1.165, 1.54) is 0 Å². The molecule has 0 saturated heterocycles. The van der Waals surface area contributed by atoms with Crippen LogP contribution in [0.5, 0.6) is 0 Å². The molecule has 0 saturated carbocycles. The summed E-state index contributed by atoms with van der Waals surface area (Å²) < 4.78 is 3.08. The third-order valence-corrected chi connectivity index (χ3v) is 3.36. The van der Waals surface area contributed by atoms with Crippen LogP contribution in [-0.4, -0.2) is 9.55 Å². The van der Waals surface area contributed by atoms with Gasteiger partial charge in [0.25, 0.3) is 0 Å². The Labute approximate surface area is 112 Å². The molecule has 0 spiro atoms. The lowest BCUT2D eigenvalue weighted by Gasteiger charge is -2.04. The maximum Gasteiger partial charge on any atom is 0.100 e. The highest BCUT2D eigenvalue weighted by atomic mass is 79.9. The van der Waals surface area contributed by atoms with Gasteiger partial charge in [-0.2, -0.15) is 0 Å². The number of fused-ring (bicyclic) bond motifs is 1. The van der Waals surface area contributed by atoms with Crippen LogP contribution in [0.25, 0.3) is 16.7 Å². The molecule has 3 rings (SSSR count). The van der Waals surface area contributed by atoms with Crippen LogP contribution in [0, 0.1) is 0 Å². The van der Waals surface area contributed by atoms with Gasteiger partial charge in [0.15, 0.2) is 0 Å². The van der Waals surface area contributed by atoms with Gasteiger partial charge in [0.2, 0.25) is 0 Å². The van der Waals surface area contributed by atoms with Crippen LogP contribution >= 0.6 is 27.5 Å². The van der Waals surface area contributed by atoms with Crippen LogP contribution in [-0.2, 0) is 0 Å². The molecule has 84 valence electrons. The normalized spacial score (nSPS) is 10.9. The molecule has 1 aromatic heterocycles. The fourth-order valence-electron chi connectivity index (χ4n) is 1.79. The van der Waals surface area contributed by atoms with Gasteiger partial charge >= 0.3 is 0 Å². The molecule has 0 aliphatic rings. The van der Waals surface area contributed by atoms with E-state index in [4.69, 9.17) is 11.6 Å². The van der Waals surface area contributed by atoms with Crippen molar-refractivity contribution < 1.29 is 0 Å². The van der Waals surface area contributed by atoms with Crippen LogP contribution < -0.4 is 0 Å². The molecule has 1 heterocycles. The summed E-state index contributed by atoms with van der Waals surface area (Å²) in [5.41, 5.74) is 3.10. The molecular weight excluding hydrogens is 300 g/mol. The van der Waals surface area contributed by atoms with Gasteiger partial charge in [0, 0.05) is 15.2 Å². The number of aromatic nitrogens is 2. The van der Waals surface area contributed by atoms with Gasteiger partial charge in [0.1, 0.15) is 6.33 Å². The minimum atomic E-state index is 0.736. The van der Waals surface area contributed by atoms with E-state index in [-0.39, 0.29) is 0 Å². The predicted molar refractivity (Wildman–Crippen MR) is 73.8 cm³/mol. The summed E-state index contributed by atoms with van der Waals surface area (Å²) in [6.45, 7) is 0. The SMILES string of the molecule is Clc1ccc(-n2cnc3ccc(Br)cc32)cc1. The van der Waals surface area contributed by atoms with E-state index in [9.17, 15) is 0 Å². The highest BCUT2D eigenvalue weighted by Crippen LogP contribution is 2.22. The second kappa shape index (κ2) is 4.17. The Kier molecular flexibility index (Phi) is 2.65. The zero-order chi connectivity index (χ0) is 11.8. The minimum Gasteiger partial charge on any atom is -0.299 e. The Morgan fingerprint density at radius 1 is 1.06 bits per heavy atom. The molecule has 0 radical (unpaired) electrons. The van der Waals surface area contributed by atoms with Crippen LogP contribution in [0.3, 0.4) is 0 Å². The predicted octanol–water partition coefficient (Wildman–Crippen LogP) is 4.44. The molecule has 0 unspecified atom stereocenters. The van der Waals surface area contributed by atoms with Crippen molar-refractivity contribution in [1.29, 1.82) is 0 Å². The zero-order valence-corrected chi connectivity index (χ0v) is 11.1. The van der Waals surface area contributed by atoms with E-state index >= 15 is 0 Å². The van der Waals surface area contributed by atoms with E-state index in [2.05, 4.69) is 27.0 Å². The highest BCUT2D eigenvalue weighted by Gasteiger charge is 2.04. The van der Waals surface area contributed by atoms with Crippen LogP contribution in [0.2, 0.25) is 5.02 Å². The maximum atomic E-state index is 5.88. The van der Waals surface area contributed by atoms with Gasteiger partial charge in [0.05, 0.1) is 11.0 Å². The molecule has 0 aliphatic carbocycles. The third kappa shape index (κ3) is 1.96. The first-order valence-electron chi connectivity index (χ1n) is 5.12.